The lowest BCUT2D eigenvalue weighted by atomic mass is 9.97. The van der Waals surface area contributed by atoms with Gasteiger partial charge < -0.3 is 10.3 Å². The molecule has 1 heterocycles. The molecule has 0 bridgehead atoms. The third-order valence-corrected chi connectivity index (χ3v) is 4.41. The van der Waals surface area contributed by atoms with E-state index in [0.717, 1.165) is 25.8 Å². The van der Waals surface area contributed by atoms with E-state index in [9.17, 15) is 0 Å². The van der Waals surface area contributed by atoms with Crippen molar-refractivity contribution in [3.05, 3.63) is 60.2 Å². The van der Waals surface area contributed by atoms with Crippen molar-refractivity contribution in [2.45, 2.75) is 39.2 Å². The first-order valence-electron chi connectivity index (χ1n) is 8.56. The van der Waals surface area contributed by atoms with E-state index >= 15 is 0 Å². The zero-order valence-electron chi connectivity index (χ0n) is 14.2. The van der Waals surface area contributed by atoms with Crippen molar-refractivity contribution >= 4 is 21.8 Å². The summed E-state index contributed by atoms with van der Waals surface area (Å²) in [4.78, 5) is 3.62. The molecule has 2 nitrogen and oxygen atoms in total. The third-order valence-electron chi connectivity index (χ3n) is 4.41. The number of benzene rings is 2. The summed E-state index contributed by atoms with van der Waals surface area (Å²) in [6, 6.07) is 13.7. The lowest BCUT2D eigenvalue weighted by molar-refractivity contribution is 0.570. The number of nitrogens with one attached hydrogen (secondary N) is 2. The summed E-state index contributed by atoms with van der Waals surface area (Å²) in [5.41, 5.74) is 5.33. The van der Waals surface area contributed by atoms with Crippen LogP contribution in [0, 0.1) is 0 Å². The second-order valence-electron chi connectivity index (χ2n) is 6.50. The molecule has 0 aliphatic rings. The average molecular weight is 306 g/mol. The number of H-pyrrole nitrogens is 1. The molecule has 2 aromatic carbocycles. The Morgan fingerprint density at radius 1 is 1.13 bits per heavy atom. The molecule has 1 aromatic heterocycles. The molecule has 2 N–H and O–H groups in total. The number of hydrogen-bond donors (Lipinski definition) is 2. The number of hydrogen-bond acceptors (Lipinski definition) is 1. The summed E-state index contributed by atoms with van der Waals surface area (Å²) in [6.07, 6.45) is 5.19. The summed E-state index contributed by atoms with van der Waals surface area (Å²) < 4.78 is 0. The Hall–Kier alpha value is -2.06. The van der Waals surface area contributed by atoms with Crippen LogP contribution in [-0.2, 0) is 12.8 Å². The zero-order chi connectivity index (χ0) is 16.2. The Bertz CT molecular complexity index is 811. The van der Waals surface area contributed by atoms with Crippen LogP contribution in [0.15, 0.2) is 49.1 Å². The highest BCUT2D eigenvalue weighted by Crippen LogP contribution is 2.30. The molecule has 0 aliphatic heterocycles. The van der Waals surface area contributed by atoms with Crippen molar-refractivity contribution < 1.29 is 0 Å². The Kier molecular flexibility index (Phi) is 4.82. The molecule has 0 spiro atoms. The zero-order valence-corrected chi connectivity index (χ0v) is 14.2. The van der Waals surface area contributed by atoms with Crippen LogP contribution in [0.25, 0.3) is 21.8 Å². The number of aromatic amines is 1. The standard InChI is InChI=1S/C21H26N2/c1-4-8-17-16(9-7-14-22-15(2)3)12-13-19-18-10-5-6-11-20(18)23-21(17)19/h4-6,10-13,15,22-23H,1,7-9,14H2,2-3H3. The van der Waals surface area contributed by atoms with Gasteiger partial charge in [-0.25, -0.2) is 0 Å². The Balaban J connectivity index is 1.96. The van der Waals surface area contributed by atoms with E-state index in [1.807, 2.05) is 6.08 Å². The first kappa shape index (κ1) is 15.8. The smallest absolute Gasteiger partial charge is 0.0503 e. The van der Waals surface area contributed by atoms with Gasteiger partial charge in [0.25, 0.3) is 0 Å². The molecule has 0 saturated carbocycles. The van der Waals surface area contributed by atoms with Crippen LogP contribution in [0.5, 0.6) is 0 Å². The molecule has 3 rings (SSSR count). The van der Waals surface area contributed by atoms with Crippen molar-refractivity contribution in [3.8, 4) is 0 Å². The lowest BCUT2D eigenvalue weighted by Crippen LogP contribution is -2.24. The first-order valence-corrected chi connectivity index (χ1v) is 8.56. The molecular formula is C21H26N2. The highest BCUT2D eigenvalue weighted by molar-refractivity contribution is 6.08. The number of para-hydroxylation sites is 1. The molecule has 2 heteroatoms. The topological polar surface area (TPSA) is 27.8 Å². The quantitative estimate of drug-likeness (QED) is 0.467. The first-order chi connectivity index (χ1) is 11.2. The fraction of sp³-hybridized carbons (Fsp3) is 0.333. The fourth-order valence-electron chi connectivity index (χ4n) is 3.30. The number of aromatic nitrogens is 1. The van der Waals surface area contributed by atoms with Gasteiger partial charge in [-0.05, 0) is 43.0 Å². The number of fused-ring (bicyclic) bond motifs is 3. The average Bonchev–Trinajstić information content (AvgIpc) is 2.92. The van der Waals surface area contributed by atoms with Crippen LogP contribution >= 0.6 is 0 Å². The van der Waals surface area contributed by atoms with Gasteiger partial charge in [0.1, 0.15) is 0 Å². The van der Waals surface area contributed by atoms with Crippen LogP contribution < -0.4 is 5.32 Å². The molecular weight excluding hydrogens is 280 g/mol. The van der Waals surface area contributed by atoms with Gasteiger partial charge in [0.05, 0.1) is 5.52 Å². The van der Waals surface area contributed by atoms with Crippen molar-refractivity contribution in [1.82, 2.24) is 10.3 Å². The van der Waals surface area contributed by atoms with Gasteiger partial charge in [0.15, 0.2) is 0 Å². The maximum atomic E-state index is 3.95. The summed E-state index contributed by atoms with van der Waals surface area (Å²) in [7, 11) is 0. The summed E-state index contributed by atoms with van der Waals surface area (Å²) >= 11 is 0. The van der Waals surface area contributed by atoms with Crippen molar-refractivity contribution in [2.75, 3.05) is 6.54 Å². The summed E-state index contributed by atoms with van der Waals surface area (Å²) in [5, 5.41) is 6.13. The minimum Gasteiger partial charge on any atom is -0.354 e. The molecule has 0 saturated heterocycles. The minimum absolute atomic E-state index is 0.554. The van der Waals surface area contributed by atoms with Gasteiger partial charge in [0.2, 0.25) is 0 Å². The predicted octanol–water partition coefficient (Wildman–Crippen LogP) is 4.98. The lowest BCUT2D eigenvalue weighted by Gasteiger charge is -2.11. The normalized spacial score (nSPS) is 11.6. The monoisotopic (exact) mass is 306 g/mol. The van der Waals surface area contributed by atoms with E-state index < -0.39 is 0 Å². The van der Waals surface area contributed by atoms with E-state index in [1.54, 1.807) is 0 Å². The molecule has 0 unspecified atom stereocenters. The van der Waals surface area contributed by atoms with Gasteiger partial charge in [-0.1, -0.05) is 50.3 Å². The maximum Gasteiger partial charge on any atom is 0.0503 e. The molecule has 3 aromatic rings. The highest BCUT2D eigenvalue weighted by atomic mass is 14.9. The minimum atomic E-state index is 0.554. The fourth-order valence-corrected chi connectivity index (χ4v) is 3.30. The SMILES string of the molecule is C=CCc1c(CCCNC(C)C)ccc2c1[nH]c1ccccc12. The highest BCUT2D eigenvalue weighted by Gasteiger charge is 2.11. The predicted molar refractivity (Wildman–Crippen MR) is 101 cm³/mol. The van der Waals surface area contributed by atoms with Crippen LogP contribution in [0.4, 0.5) is 0 Å². The van der Waals surface area contributed by atoms with E-state index in [-0.39, 0.29) is 0 Å². The number of aryl methyl sites for hydroxylation is 1. The largest absolute Gasteiger partial charge is 0.354 e. The summed E-state index contributed by atoms with van der Waals surface area (Å²) in [6.45, 7) is 9.40. The third kappa shape index (κ3) is 3.32. The van der Waals surface area contributed by atoms with Gasteiger partial charge >= 0.3 is 0 Å². The van der Waals surface area contributed by atoms with Gasteiger partial charge in [-0.3, -0.25) is 0 Å². The van der Waals surface area contributed by atoms with Crippen molar-refractivity contribution in [2.24, 2.45) is 0 Å². The van der Waals surface area contributed by atoms with Crippen molar-refractivity contribution in [1.29, 1.82) is 0 Å². The molecule has 0 radical (unpaired) electrons. The molecule has 0 atom stereocenters. The van der Waals surface area contributed by atoms with E-state index in [4.69, 9.17) is 0 Å². The maximum absolute atomic E-state index is 3.95. The van der Waals surface area contributed by atoms with Crippen LogP contribution in [0.3, 0.4) is 0 Å². The molecule has 23 heavy (non-hydrogen) atoms. The van der Waals surface area contributed by atoms with E-state index in [2.05, 4.69) is 67.1 Å². The second kappa shape index (κ2) is 7.01. The molecule has 120 valence electrons. The Labute approximate surface area is 138 Å². The van der Waals surface area contributed by atoms with E-state index in [1.165, 1.54) is 32.9 Å². The molecule has 0 fully saturated rings. The van der Waals surface area contributed by atoms with Gasteiger partial charge in [-0.2, -0.15) is 0 Å². The van der Waals surface area contributed by atoms with Crippen LogP contribution in [0.2, 0.25) is 0 Å². The Morgan fingerprint density at radius 2 is 1.96 bits per heavy atom. The van der Waals surface area contributed by atoms with Gasteiger partial charge in [-0.15, -0.1) is 6.58 Å². The van der Waals surface area contributed by atoms with E-state index in [0.29, 0.717) is 6.04 Å². The van der Waals surface area contributed by atoms with Crippen molar-refractivity contribution in [3.63, 3.8) is 0 Å². The molecule has 0 aliphatic carbocycles. The number of allylic oxidation sites excluding steroid dienone is 1. The van der Waals surface area contributed by atoms with Crippen LogP contribution in [-0.4, -0.2) is 17.6 Å². The summed E-state index contributed by atoms with van der Waals surface area (Å²) in [5.74, 6) is 0. The molecule has 0 amide bonds. The number of rotatable bonds is 7. The van der Waals surface area contributed by atoms with Crippen LogP contribution in [0.1, 0.15) is 31.4 Å². The van der Waals surface area contributed by atoms with Gasteiger partial charge in [0, 0.05) is 22.3 Å². The second-order valence-corrected chi connectivity index (χ2v) is 6.50. The Morgan fingerprint density at radius 3 is 2.74 bits per heavy atom.